The molecule has 0 radical (unpaired) electrons. The van der Waals surface area contributed by atoms with Crippen LogP contribution >= 0.6 is 11.8 Å². The number of benzene rings is 2. The van der Waals surface area contributed by atoms with Crippen LogP contribution in [-0.4, -0.2) is 31.0 Å². The number of nitrogens with two attached hydrogens (primary N) is 1. The Labute approximate surface area is 166 Å². The molecule has 0 aliphatic heterocycles. The molecule has 4 aromatic rings. The van der Waals surface area contributed by atoms with Crippen LogP contribution in [0.5, 0.6) is 0 Å². The van der Waals surface area contributed by atoms with Crippen molar-refractivity contribution in [1.29, 1.82) is 0 Å². The van der Waals surface area contributed by atoms with Crippen molar-refractivity contribution < 1.29 is 4.79 Å². The van der Waals surface area contributed by atoms with E-state index in [0.717, 1.165) is 22.0 Å². The topological polar surface area (TPSA) is 98.7 Å². The number of fused-ring (bicyclic) bond motifs is 1. The fourth-order valence-corrected chi connectivity index (χ4v) is 3.60. The first-order valence-corrected chi connectivity index (χ1v) is 9.57. The number of nitrogen functional groups attached to an aromatic ring is 1. The van der Waals surface area contributed by atoms with Gasteiger partial charge in [-0.2, -0.15) is 0 Å². The highest BCUT2D eigenvalue weighted by Crippen LogP contribution is 2.27. The van der Waals surface area contributed by atoms with E-state index in [4.69, 9.17) is 5.84 Å². The highest BCUT2D eigenvalue weighted by atomic mass is 32.2. The first kappa shape index (κ1) is 18.0. The van der Waals surface area contributed by atoms with E-state index in [1.807, 2.05) is 55.5 Å². The molecule has 1 atom stereocenters. The van der Waals surface area contributed by atoms with Crippen LogP contribution in [0.1, 0.15) is 6.92 Å². The van der Waals surface area contributed by atoms with Crippen LogP contribution in [0.15, 0.2) is 72.1 Å². The van der Waals surface area contributed by atoms with Gasteiger partial charge in [-0.3, -0.25) is 9.78 Å². The molecule has 0 spiro atoms. The van der Waals surface area contributed by atoms with Gasteiger partial charge in [0.1, 0.15) is 0 Å². The number of rotatable bonds is 5. The molecule has 0 unspecified atom stereocenters. The molecule has 28 heavy (non-hydrogen) atoms. The molecule has 0 bridgehead atoms. The lowest BCUT2D eigenvalue weighted by Gasteiger charge is -2.13. The molecule has 1 amide bonds. The maximum atomic E-state index is 12.7. The number of pyridine rings is 1. The maximum Gasteiger partial charge on any atom is 0.237 e. The predicted octanol–water partition coefficient (Wildman–Crippen LogP) is 3.33. The van der Waals surface area contributed by atoms with Gasteiger partial charge in [0.25, 0.3) is 0 Å². The summed E-state index contributed by atoms with van der Waals surface area (Å²) in [5.41, 5.74) is 1.54. The first-order chi connectivity index (χ1) is 13.6. The molecule has 0 aliphatic rings. The van der Waals surface area contributed by atoms with E-state index in [1.54, 1.807) is 18.5 Å². The number of carbonyl (C=O) groups is 1. The van der Waals surface area contributed by atoms with Crippen LogP contribution in [0.4, 0.5) is 5.69 Å². The van der Waals surface area contributed by atoms with Crippen LogP contribution in [0, 0.1) is 0 Å². The number of hydrogen-bond donors (Lipinski definition) is 2. The molecule has 2 heterocycles. The monoisotopic (exact) mass is 390 g/mol. The number of thioether (sulfide) groups is 1. The number of anilines is 1. The second-order valence-corrected chi connectivity index (χ2v) is 7.50. The third-order valence-electron chi connectivity index (χ3n) is 4.28. The van der Waals surface area contributed by atoms with Crippen molar-refractivity contribution in [2.75, 3.05) is 11.2 Å². The van der Waals surface area contributed by atoms with Crippen LogP contribution in [0.25, 0.3) is 22.2 Å². The van der Waals surface area contributed by atoms with Crippen LogP contribution in [-0.2, 0) is 4.79 Å². The van der Waals surface area contributed by atoms with E-state index < -0.39 is 5.25 Å². The summed E-state index contributed by atoms with van der Waals surface area (Å²) in [5.74, 6) is 6.49. The molecule has 8 heteroatoms. The minimum atomic E-state index is -0.410. The summed E-state index contributed by atoms with van der Waals surface area (Å²) in [6.07, 6.45) is 3.34. The van der Waals surface area contributed by atoms with Crippen molar-refractivity contribution in [3.63, 3.8) is 0 Å². The second kappa shape index (κ2) is 7.69. The van der Waals surface area contributed by atoms with Crippen LogP contribution in [0.2, 0.25) is 0 Å². The van der Waals surface area contributed by atoms with Gasteiger partial charge in [0, 0.05) is 29.0 Å². The lowest BCUT2D eigenvalue weighted by Crippen LogP contribution is -2.23. The molecular formula is C20H18N6OS. The molecule has 0 aliphatic carbocycles. The molecule has 140 valence electrons. The van der Waals surface area contributed by atoms with Crippen molar-refractivity contribution >= 4 is 34.1 Å². The standard InChI is InChI=1S/C20H18N6OS/c1-13(19(27)23-17-10-4-7-14-6-2-3-9-16(14)17)28-20-25-24-18(26(20)21)15-8-5-11-22-12-15/h2-13H,21H2,1H3,(H,23,27)/t13-/m1/s1. The van der Waals surface area contributed by atoms with E-state index >= 15 is 0 Å². The molecule has 4 rings (SSSR count). The minimum absolute atomic E-state index is 0.132. The van der Waals surface area contributed by atoms with Crippen molar-refractivity contribution in [3.05, 3.63) is 67.0 Å². The number of aromatic nitrogens is 4. The normalized spacial score (nSPS) is 12.0. The molecule has 0 fully saturated rings. The Morgan fingerprint density at radius 3 is 2.75 bits per heavy atom. The highest BCUT2D eigenvalue weighted by molar-refractivity contribution is 8.00. The number of hydrogen-bond acceptors (Lipinski definition) is 6. The third kappa shape index (κ3) is 3.54. The fraction of sp³-hybridized carbons (Fsp3) is 0.100. The van der Waals surface area contributed by atoms with Crippen molar-refractivity contribution in [2.24, 2.45) is 0 Å². The van der Waals surface area contributed by atoms with Gasteiger partial charge >= 0.3 is 0 Å². The van der Waals surface area contributed by atoms with Crippen molar-refractivity contribution in [1.82, 2.24) is 19.9 Å². The van der Waals surface area contributed by atoms with Gasteiger partial charge in [-0.05, 0) is 30.5 Å². The third-order valence-corrected chi connectivity index (χ3v) is 5.34. The van der Waals surface area contributed by atoms with E-state index in [2.05, 4.69) is 20.5 Å². The second-order valence-electron chi connectivity index (χ2n) is 6.19. The van der Waals surface area contributed by atoms with Gasteiger partial charge < -0.3 is 11.2 Å². The Kier molecular flexibility index (Phi) is 4.94. The average Bonchev–Trinajstić information content (AvgIpc) is 3.09. The smallest absolute Gasteiger partial charge is 0.237 e. The molecule has 2 aromatic heterocycles. The molecular weight excluding hydrogens is 372 g/mol. The zero-order valence-electron chi connectivity index (χ0n) is 15.1. The Balaban J connectivity index is 1.50. The molecule has 7 nitrogen and oxygen atoms in total. The van der Waals surface area contributed by atoms with Gasteiger partial charge in [-0.1, -0.05) is 48.2 Å². The number of amides is 1. The Morgan fingerprint density at radius 2 is 1.93 bits per heavy atom. The number of nitrogens with zero attached hydrogens (tertiary/aromatic N) is 4. The van der Waals surface area contributed by atoms with Crippen LogP contribution < -0.4 is 11.2 Å². The van der Waals surface area contributed by atoms with Gasteiger partial charge in [0.05, 0.1) is 5.25 Å². The average molecular weight is 390 g/mol. The van der Waals surface area contributed by atoms with Gasteiger partial charge in [0.2, 0.25) is 11.1 Å². The van der Waals surface area contributed by atoms with E-state index in [9.17, 15) is 4.79 Å². The zero-order chi connectivity index (χ0) is 19.5. The van der Waals surface area contributed by atoms with Crippen LogP contribution in [0.3, 0.4) is 0 Å². The summed E-state index contributed by atoms with van der Waals surface area (Å²) >= 11 is 1.25. The van der Waals surface area contributed by atoms with Gasteiger partial charge in [0.15, 0.2) is 5.82 Å². The first-order valence-electron chi connectivity index (χ1n) is 8.69. The maximum absolute atomic E-state index is 12.7. The highest BCUT2D eigenvalue weighted by Gasteiger charge is 2.20. The molecule has 0 saturated heterocycles. The Hall–Kier alpha value is -3.39. The number of carbonyl (C=O) groups excluding carboxylic acids is 1. The summed E-state index contributed by atoms with van der Waals surface area (Å²) in [4.78, 5) is 16.8. The largest absolute Gasteiger partial charge is 0.335 e. The van der Waals surface area contributed by atoms with E-state index in [0.29, 0.717) is 11.0 Å². The Bertz CT molecular complexity index is 1120. The fourth-order valence-electron chi connectivity index (χ4n) is 2.83. The van der Waals surface area contributed by atoms with Gasteiger partial charge in [-0.25, -0.2) is 4.68 Å². The summed E-state index contributed by atoms with van der Waals surface area (Å²) < 4.78 is 1.38. The van der Waals surface area contributed by atoms with Crippen molar-refractivity contribution in [2.45, 2.75) is 17.3 Å². The molecule has 0 saturated carbocycles. The SMILES string of the molecule is C[C@@H](Sc1nnc(-c2cccnc2)n1N)C(=O)Nc1cccc2ccccc12. The predicted molar refractivity (Wildman–Crippen MR) is 111 cm³/mol. The zero-order valence-corrected chi connectivity index (χ0v) is 15.9. The van der Waals surface area contributed by atoms with Gasteiger partial charge in [-0.15, -0.1) is 10.2 Å². The van der Waals surface area contributed by atoms with E-state index in [-0.39, 0.29) is 5.91 Å². The quantitative estimate of drug-likeness (QED) is 0.401. The summed E-state index contributed by atoms with van der Waals surface area (Å²) in [7, 11) is 0. The summed E-state index contributed by atoms with van der Waals surface area (Å²) in [6, 6.07) is 17.4. The molecule has 2 aromatic carbocycles. The lowest BCUT2D eigenvalue weighted by molar-refractivity contribution is -0.115. The minimum Gasteiger partial charge on any atom is -0.335 e. The summed E-state index contributed by atoms with van der Waals surface area (Å²) in [6.45, 7) is 1.81. The van der Waals surface area contributed by atoms with E-state index in [1.165, 1.54) is 16.4 Å². The molecule has 3 N–H and O–H groups in total. The number of nitrogens with one attached hydrogen (secondary N) is 1. The summed E-state index contributed by atoms with van der Waals surface area (Å²) in [5, 5.41) is 13.3. The lowest BCUT2D eigenvalue weighted by atomic mass is 10.1. The Morgan fingerprint density at radius 1 is 1.11 bits per heavy atom. The van der Waals surface area contributed by atoms with Crippen molar-refractivity contribution in [3.8, 4) is 11.4 Å².